The third-order valence-electron chi connectivity index (χ3n) is 2.80. The van der Waals surface area contributed by atoms with Crippen molar-refractivity contribution in [1.29, 1.82) is 0 Å². The van der Waals surface area contributed by atoms with Crippen LogP contribution in [0.3, 0.4) is 0 Å². The normalized spacial score (nSPS) is 29.1. The van der Waals surface area contributed by atoms with Gasteiger partial charge in [-0.3, -0.25) is 4.68 Å². The van der Waals surface area contributed by atoms with Crippen molar-refractivity contribution >= 4 is 0 Å². The van der Waals surface area contributed by atoms with Gasteiger partial charge in [0.1, 0.15) is 6.17 Å². The zero-order valence-corrected chi connectivity index (χ0v) is 7.91. The lowest BCUT2D eigenvalue weighted by atomic mass is 9.94. The summed E-state index contributed by atoms with van der Waals surface area (Å²) < 4.78 is 15.1. The van der Waals surface area contributed by atoms with E-state index in [2.05, 4.69) is 5.10 Å². The Bertz CT molecular complexity index is 282. The van der Waals surface area contributed by atoms with E-state index < -0.39 is 6.17 Å². The highest BCUT2D eigenvalue weighted by atomic mass is 19.1. The van der Waals surface area contributed by atoms with Gasteiger partial charge in [0.05, 0.1) is 6.04 Å². The van der Waals surface area contributed by atoms with Crippen LogP contribution in [0.1, 0.15) is 37.4 Å². The van der Waals surface area contributed by atoms with Gasteiger partial charge in [0, 0.05) is 18.3 Å². The van der Waals surface area contributed by atoms with Crippen LogP contribution in [0.25, 0.3) is 0 Å². The van der Waals surface area contributed by atoms with Crippen molar-refractivity contribution in [2.75, 3.05) is 0 Å². The number of aromatic nitrogens is 2. The fourth-order valence-corrected chi connectivity index (χ4v) is 2.09. The second kappa shape index (κ2) is 3.48. The zero-order valence-electron chi connectivity index (χ0n) is 7.91. The van der Waals surface area contributed by atoms with E-state index in [0.717, 1.165) is 25.0 Å². The molecule has 3 heteroatoms. The Hall–Kier alpha value is -0.860. The summed E-state index contributed by atoms with van der Waals surface area (Å²) in [7, 11) is 0. The number of rotatable bonds is 1. The van der Waals surface area contributed by atoms with Crippen LogP contribution in [0.2, 0.25) is 0 Å². The van der Waals surface area contributed by atoms with E-state index in [1.165, 1.54) is 0 Å². The molecular weight excluding hydrogens is 167 g/mol. The summed E-state index contributed by atoms with van der Waals surface area (Å²) in [5.74, 6) is 0. The Kier molecular flexibility index (Phi) is 2.34. The minimum absolute atomic E-state index is 0.291. The van der Waals surface area contributed by atoms with Crippen LogP contribution in [0.4, 0.5) is 4.39 Å². The highest BCUT2D eigenvalue weighted by Gasteiger charge is 2.23. The van der Waals surface area contributed by atoms with E-state index in [-0.39, 0.29) is 0 Å². The first-order valence-corrected chi connectivity index (χ1v) is 4.91. The third-order valence-corrected chi connectivity index (χ3v) is 2.80. The van der Waals surface area contributed by atoms with E-state index >= 15 is 0 Å². The summed E-state index contributed by atoms with van der Waals surface area (Å²) in [6, 6.07) is 2.26. The minimum atomic E-state index is -0.623. The number of nitrogens with zero attached hydrogens (tertiary/aromatic N) is 2. The van der Waals surface area contributed by atoms with Crippen molar-refractivity contribution < 1.29 is 4.39 Å². The first-order valence-electron chi connectivity index (χ1n) is 4.91. The molecule has 0 amide bonds. The molecule has 0 bridgehead atoms. The lowest BCUT2D eigenvalue weighted by Crippen LogP contribution is -2.21. The molecule has 2 unspecified atom stereocenters. The van der Waals surface area contributed by atoms with Gasteiger partial charge in [0.25, 0.3) is 0 Å². The Labute approximate surface area is 77.8 Å². The minimum Gasteiger partial charge on any atom is -0.267 e. The van der Waals surface area contributed by atoms with Gasteiger partial charge in [-0.2, -0.15) is 5.10 Å². The van der Waals surface area contributed by atoms with Crippen molar-refractivity contribution in [3.8, 4) is 0 Å². The molecule has 1 saturated carbocycles. The Morgan fingerprint density at radius 1 is 1.54 bits per heavy atom. The lowest BCUT2D eigenvalue weighted by Gasteiger charge is -2.25. The fraction of sp³-hybridized carbons (Fsp3) is 0.700. The number of alkyl halides is 1. The van der Waals surface area contributed by atoms with Crippen LogP contribution in [0.15, 0.2) is 12.3 Å². The smallest absolute Gasteiger partial charge is 0.102 e. The topological polar surface area (TPSA) is 17.8 Å². The molecular formula is C10H15FN2. The average molecular weight is 182 g/mol. The second-order valence-corrected chi connectivity index (χ2v) is 3.83. The van der Waals surface area contributed by atoms with Gasteiger partial charge in [-0.15, -0.1) is 0 Å². The highest BCUT2D eigenvalue weighted by molar-refractivity contribution is 4.99. The van der Waals surface area contributed by atoms with Gasteiger partial charge in [-0.05, 0) is 32.3 Å². The fourth-order valence-electron chi connectivity index (χ4n) is 2.09. The molecule has 0 radical (unpaired) electrons. The predicted octanol–water partition coefficient (Wildman–Crippen LogP) is 2.64. The van der Waals surface area contributed by atoms with Crippen LogP contribution < -0.4 is 0 Å². The number of aryl methyl sites for hydroxylation is 1. The summed E-state index contributed by atoms with van der Waals surface area (Å²) in [4.78, 5) is 0. The van der Waals surface area contributed by atoms with Gasteiger partial charge in [0.2, 0.25) is 0 Å². The van der Waals surface area contributed by atoms with Crippen molar-refractivity contribution in [3.63, 3.8) is 0 Å². The summed E-state index contributed by atoms with van der Waals surface area (Å²) >= 11 is 0. The van der Waals surface area contributed by atoms with Gasteiger partial charge in [0.15, 0.2) is 0 Å². The maximum Gasteiger partial charge on any atom is 0.102 e. The Morgan fingerprint density at radius 2 is 2.38 bits per heavy atom. The van der Waals surface area contributed by atoms with Crippen molar-refractivity contribution in [2.24, 2.45) is 0 Å². The van der Waals surface area contributed by atoms with Crippen LogP contribution in [0.5, 0.6) is 0 Å². The van der Waals surface area contributed by atoms with E-state index in [1.807, 2.05) is 17.7 Å². The predicted molar refractivity (Wildman–Crippen MR) is 49.4 cm³/mol. The number of halogens is 1. The molecule has 2 atom stereocenters. The molecule has 1 aliphatic rings. The maximum absolute atomic E-state index is 13.1. The SMILES string of the molecule is Cc1ccnn1C1CCCC(F)C1. The van der Waals surface area contributed by atoms with Crippen molar-refractivity contribution in [3.05, 3.63) is 18.0 Å². The molecule has 2 rings (SSSR count). The van der Waals surface area contributed by atoms with Crippen LogP contribution in [-0.2, 0) is 0 Å². The van der Waals surface area contributed by atoms with E-state index in [0.29, 0.717) is 12.5 Å². The molecule has 1 aromatic rings. The molecule has 0 aliphatic heterocycles. The second-order valence-electron chi connectivity index (χ2n) is 3.83. The Morgan fingerprint density at radius 3 is 3.00 bits per heavy atom. The van der Waals surface area contributed by atoms with E-state index in [9.17, 15) is 4.39 Å². The number of hydrogen-bond donors (Lipinski definition) is 0. The van der Waals surface area contributed by atoms with Crippen LogP contribution >= 0.6 is 0 Å². The first-order chi connectivity index (χ1) is 6.27. The standard InChI is InChI=1S/C10H15FN2/c1-8-5-6-12-13(8)10-4-2-3-9(11)7-10/h5-6,9-10H,2-4,7H2,1H3. The quantitative estimate of drug-likeness (QED) is 0.652. The van der Waals surface area contributed by atoms with Gasteiger partial charge in [-0.25, -0.2) is 4.39 Å². The number of hydrogen-bond acceptors (Lipinski definition) is 1. The molecule has 0 spiro atoms. The molecule has 13 heavy (non-hydrogen) atoms. The van der Waals surface area contributed by atoms with Gasteiger partial charge < -0.3 is 0 Å². The van der Waals surface area contributed by atoms with E-state index in [1.54, 1.807) is 6.20 Å². The van der Waals surface area contributed by atoms with Crippen molar-refractivity contribution in [2.45, 2.75) is 44.8 Å². The zero-order chi connectivity index (χ0) is 9.26. The summed E-state index contributed by atoms with van der Waals surface area (Å²) in [5.41, 5.74) is 1.14. The molecule has 1 heterocycles. The van der Waals surface area contributed by atoms with Crippen LogP contribution in [0, 0.1) is 6.92 Å². The van der Waals surface area contributed by atoms with E-state index in [4.69, 9.17) is 0 Å². The third kappa shape index (κ3) is 1.74. The van der Waals surface area contributed by atoms with Crippen LogP contribution in [-0.4, -0.2) is 16.0 Å². The largest absolute Gasteiger partial charge is 0.267 e. The highest BCUT2D eigenvalue weighted by Crippen LogP contribution is 2.30. The molecule has 0 saturated heterocycles. The summed E-state index contributed by atoms with van der Waals surface area (Å²) in [5, 5.41) is 4.22. The van der Waals surface area contributed by atoms with Crippen molar-refractivity contribution in [1.82, 2.24) is 9.78 Å². The molecule has 1 fully saturated rings. The maximum atomic E-state index is 13.1. The molecule has 1 aliphatic carbocycles. The molecule has 2 nitrogen and oxygen atoms in total. The monoisotopic (exact) mass is 182 g/mol. The van der Waals surface area contributed by atoms with Gasteiger partial charge in [-0.1, -0.05) is 0 Å². The molecule has 0 N–H and O–H groups in total. The molecule has 0 aromatic carbocycles. The van der Waals surface area contributed by atoms with Gasteiger partial charge >= 0.3 is 0 Å². The molecule has 72 valence electrons. The average Bonchev–Trinajstić information content (AvgIpc) is 2.51. The lowest BCUT2D eigenvalue weighted by molar-refractivity contribution is 0.191. The molecule has 1 aromatic heterocycles. The summed E-state index contributed by atoms with van der Waals surface area (Å²) in [6.07, 6.45) is 4.60. The Balaban J connectivity index is 2.12. The summed E-state index contributed by atoms with van der Waals surface area (Å²) in [6.45, 7) is 2.02. The first kappa shape index (κ1) is 8.73.